The van der Waals surface area contributed by atoms with E-state index in [9.17, 15) is 4.79 Å². The summed E-state index contributed by atoms with van der Waals surface area (Å²) in [5.41, 5.74) is 6.96. The minimum atomic E-state index is -0.115. The molecule has 2 aromatic rings. The third kappa shape index (κ3) is 4.05. The van der Waals surface area contributed by atoms with Gasteiger partial charge in [-0.15, -0.1) is 0 Å². The number of amides is 1. The van der Waals surface area contributed by atoms with Crippen LogP contribution in [-0.2, 0) is 11.2 Å². The molecule has 0 aliphatic rings. The van der Waals surface area contributed by atoms with Crippen LogP contribution in [0.25, 0.3) is 0 Å². The number of hydrogen-bond acceptors (Lipinski definition) is 2. The molecule has 0 fully saturated rings. The number of aryl methyl sites for hydroxylation is 2. The van der Waals surface area contributed by atoms with Crippen molar-refractivity contribution in [3.05, 3.63) is 70.8 Å². The molecule has 0 spiro atoms. The van der Waals surface area contributed by atoms with Gasteiger partial charge in [-0.25, -0.2) is 5.43 Å². The smallest absolute Gasteiger partial charge is 0.244 e. The van der Waals surface area contributed by atoms with Gasteiger partial charge in [0.2, 0.25) is 5.91 Å². The second kappa shape index (κ2) is 6.66. The summed E-state index contributed by atoms with van der Waals surface area (Å²) in [5.74, 6) is -0.115. The molecule has 0 radical (unpaired) electrons. The fourth-order valence-corrected chi connectivity index (χ4v) is 1.84. The lowest BCUT2D eigenvalue weighted by atomic mass is 10.1. The van der Waals surface area contributed by atoms with Gasteiger partial charge < -0.3 is 0 Å². The summed E-state index contributed by atoms with van der Waals surface area (Å²) in [4.78, 5) is 11.7. The molecular formula is C17H18N2O. The van der Waals surface area contributed by atoms with Crippen LogP contribution in [0.5, 0.6) is 0 Å². The average Bonchev–Trinajstić information content (AvgIpc) is 2.44. The van der Waals surface area contributed by atoms with E-state index in [1.54, 1.807) is 6.21 Å². The summed E-state index contributed by atoms with van der Waals surface area (Å²) in [6, 6.07) is 15.7. The molecule has 0 aliphatic heterocycles. The van der Waals surface area contributed by atoms with Gasteiger partial charge in [-0.1, -0.05) is 48.5 Å². The van der Waals surface area contributed by atoms with Crippen molar-refractivity contribution in [2.24, 2.45) is 5.10 Å². The van der Waals surface area contributed by atoms with Crippen LogP contribution in [0.1, 0.15) is 22.3 Å². The van der Waals surface area contributed by atoms with E-state index in [1.165, 1.54) is 11.1 Å². The molecular weight excluding hydrogens is 248 g/mol. The molecule has 0 aliphatic carbocycles. The van der Waals surface area contributed by atoms with Gasteiger partial charge in [0.05, 0.1) is 12.6 Å². The van der Waals surface area contributed by atoms with Crippen molar-refractivity contribution in [2.75, 3.05) is 0 Å². The van der Waals surface area contributed by atoms with E-state index in [-0.39, 0.29) is 5.91 Å². The first-order valence-corrected chi connectivity index (χ1v) is 6.58. The van der Waals surface area contributed by atoms with Gasteiger partial charge in [-0.3, -0.25) is 4.79 Å². The molecule has 0 aromatic heterocycles. The van der Waals surface area contributed by atoms with E-state index in [0.717, 1.165) is 11.1 Å². The number of nitrogens with zero attached hydrogens (tertiary/aromatic N) is 1. The van der Waals surface area contributed by atoms with E-state index in [1.807, 2.05) is 48.5 Å². The first-order chi connectivity index (χ1) is 9.65. The SMILES string of the molecule is Cc1ccc(/C=N\NC(=O)Cc2ccccc2)cc1C. The Balaban J connectivity index is 1.89. The topological polar surface area (TPSA) is 41.5 Å². The zero-order chi connectivity index (χ0) is 14.4. The Hall–Kier alpha value is -2.42. The van der Waals surface area contributed by atoms with Crippen molar-refractivity contribution in [1.82, 2.24) is 5.43 Å². The number of hydrogen-bond donors (Lipinski definition) is 1. The third-order valence-electron chi connectivity index (χ3n) is 3.14. The lowest BCUT2D eigenvalue weighted by Gasteiger charge is -2.01. The summed E-state index contributed by atoms with van der Waals surface area (Å²) in [6.45, 7) is 4.12. The van der Waals surface area contributed by atoms with Crippen molar-refractivity contribution < 1.29 is 4.79 Å². The zero-order valence-electron chi connectivity index (χ0n) is 11.8. The fourth-order valence-electron chi connectivity index (χ4n) is 1.84. The highest BCUT2D eigenvalue weighted by Gasteiger charge is 2.00. The highest BCUT2D eigenvalue weighted by Crippen LogP contribution is 2.07. The molecule has 2 rings (SSSR count). The lowest BCUT2D eigenvalue weighted by Crippen LogP contribution is -2.19. The Morgan fingerprint density at radius 3 is 2.55 bits per heavy atom. The van der Waals surface area contributed by atoms with Crippen LogP contribution in [0.4, 0.5) is 0 Å². The Labute approximate surface area is 119 Å². The van der Waals surface area contributed by atoms with Crippen LogP contribution < -0.4 is 5.43 Å². The first-order valence-electron chi connectivity index (χ1n) is 6.58. The molecule has 20 heavy (non-hydrogen) atoms. The Bertz CT molecular complexity index is 618. The van der Waals surface area contributed by atoms with Crippen LogP contribution in [0.3, 0.4) is 0 Å². The molecule has 2 aromatic carbocycles. The van der Waals surface area contributed by atoms with E-state index in [4.69, 9.17) is 0 Å². The largest absolute Gasteiger partial charge is 0.273 e. The van der Waals surface area contributed by atoms with Crippen molar-refractivity contribution in [2.45, 2.75) is 20.3 Å². The Morgan fingerprint density at radius 2 is 1.85 bits per heavy atom. The number of carbonyl (C=O) groups excluding carboxylic acids is 1. The third-order valence-corrected chi connectivity index (χ3v) is 3.14. The zero-order valence-corrected chi connectivity index (χ0v) is 11.8. The minimum Gasteiger partial charge on any atom is -0.273 e. The monoisotopic (exact) mass is 266 g/mol. The molecule has 0 unspecified atom stereocenters. The number of nitrogens with one attached hydrogen (secondary N) is 1. The molecule has 0 saturated carbocycles. The molecule has 0 bridgehead atoms. The number of carbonyl (C=O) groups is 1. The lowest BCUT2D eigenvalue weighted by molar-refractivity contribution is -0.120. The van der Waals surface area contributed by atoms with Crippen LogP contribution in [0.15, 0.2) is 53.6 Å². The maximum Gasteiger partial charge on any atom is 0.244 e. The summed E-state index contributed by atoms with van der Waals surface area (Å²) in [7, 11) is 0. The van der Waals surface area contributed by atoms with Crippen LogP contribution >= 0.6 is 0 Å². The molecule has 3 heteroatoms. The maximum absolute atomic E-state index is 11.7. The number of rotatable bonds is 4. The molecule has 1 amide bonds. The maximum atomic E-state index is 11.7. The fraction of sp³-hybridized carbons (Fsp3) is 0.176. The second-order valence-corrected chi connectivity index (χ2v) is 4.80. The van der Waals surface area contributed by atoms with E-state index >= 15 is 0 Å². The van der Waals surface area contributed by atoms with E-state index in [2.05, 4.69) is 24.4 Å². The molecule has 1 N–H and O–H groups in total. The van der Waals surface area contributed by atoms with Crippen molar-refractivity contribution in [3.8, 4) is 0 Å². The Morgan fingerprint density at radius 1 is 1.10 bits per heavy atom. The Kier molecular flexibility index (Phi) is 4.66. The molecule has 3 nitrogen and oxygen atoms in total. The number of hydrazone groups is 1. The quantitative estimate of drug-likeness (QED) is 0.671. The van der Waals surface area contributed by atoms with Gasteiger partial charge >= 0.3 is 0 Å². The van der Waals surface area contributed by atoms with Crippen molar-refractivity contribution in [3.63, 3.8) is 0 Å². The van der Waals surface area contributed by atoms with E-state index in [0.29, 0.717) is 6.42 Å². The molecule has 0 heterocycles. The van der Waals surface area contributed by atoms with Gasteiger partial charge in [0.15, 0.2) is 0 Å². The highest BCUT2D eigenvalue weighted by atomic mass is 16.2. The summed E-state index contributed by atoms with van der Waals surface area (Å²) in [5, 5.41) is 3.98. The normalized spacial score (nSPS) is 10.7. The second-order valence-electron chi connectivity index (χ2n) is 4.80. The molecule has 102 valence electrons. The van der Waals surface area contributed by atoms with Crippen LogP contribution in [0, 0.1) is 13.8 Å². The van der Waals surface area contributed by atoms with Gasteiger partial charge in [0.25, 0.3) is 0 Å². The standard InChI is InChI=1S/C17H18N2O/c1-13-8-9-16(10-14(13)2)12-18-19-17(20)11-15-6-4-3-5-7-15/h3-10,12H,11H2,1-2H3,(H,19,20)/b18-12-. The minimum absolute atomic E-state index is 0.115. The van der Waals surface area contributed by atoms with E-state index < -0.39 is 0 Å². The first kappa shape index (κ1) is 14.0. The predicted molar refractivity (Wildman–Crippen MR) is 81.8 cm³/mol. The average molecular weight is 266 g/mol. The summed E-state index contributed by atoms with van der Waals surface area (Å²) < 4.78 is 0. The van der Waals surface area contributed by atoms with Gasteiger partial charge in [0.1, 0.15) is 0 Å². The number of benzene rings is 2. The van der Waals surface area contributed by atoms with Crippen molar-refractivity contribution >= 4 is 12.1 Å². The summed E-state index contributed by atoms with van der Waals surface area (Å²) >= 11 is 0. The van der Waals surface area contributed by atoms with Crippen LogP contribution in [0.2, 0.25) is 0 Å². The predicted octanol–water partition coefficient (Wildman–Crippen LogP) is 3.00. The van der Waals surface area contributed by atoms with Gasteiger partial charge in [-0.2, -0.15) is 5.10 Å². The van der Waals surface area contributed by atoms with Gasteiger partial charge in [0, 0.05) is 0 Å². The van der Waals surface area contributed by atoms with Crippen LogP contribution in [-0.4, -0.2) is 12.1 Å². The molecule has 0 saturated heterocycles. The van der Waals surface area contributed by atoms with Crippen molar-refractivity contribution in [1.29, 1.82) is 0 Å². The highest BCUT2D eigenvalue weighted by molar-refractivity contribution is 5.83. The van der Waals surface area contributed by atoms with Gasteiger partial charge in [-0.05, 0) is 36.1 Å². The molecule has 0 atom stereocenters. The summed E-state index contributed by atoms with van der Waals surface area (Å²) in [6.07, 6.45) is 2.00.